The van der Waals surface area contributed by atoms with E-state index in [1.165, 1.54) is 0 Å². The smallest absolute Gasteiger partial charge is 0.252 e. The lowest BCUT2D eigenvalue weighted by molar-refractivity contribution is -0.132. The standard InChI is InChI=1S/C18H23N3O3/c1-11-5-14(11)18(23)21-8-15-13(10-24-16(15)9-21)7-20-17(22)12-3-2-4-19-6-12/h2-4,6,11,13-16H,5,7-10H2,1H3,(H,20,22)/t11-,13+,14+,15-,16-/m1/s1. The summed E-state index contributed by atoms with van der Waals surface area (Å²) in [6, 6.07) is 3.51. The van der Waals surface area contributed by atoms with Gasteiger partial charge in [-0.05, 0) is 24.5 Å². The topological polar surface area (TPSA) is 71.5 Å². The number of pyridine rings is 1. The highest BCUT2D eigenvalue weighted by Crippen LogP contribution is 2.41. The number of likely N-dealkylation sites (tertiary alicyclic amines) is 1. The molecule has 6 nitrogen and oxygen atoms in total. The Kier molecular flexibility index (Phi) is 4.00. The van der Waals surface area contributed by atoms with Crippen molar-refractivity contribution in [2.24, 2.45) is 23.7 Å². The van der Waals surface area contributed by atoms with E-state index in [0.717, 1.165) is 13.0 Å². The summed E-state index contributed by atoms with van der Waals surface area (Å²) in [6.07, 6.45) is 4.37. The molecule has 1 aromatic heterocycles. The molecular weight excluding hydrogens is 306 g/mol. The van der Waals surface area contributed by atoms with E-state index in [0.29, 0.717) is 43.0 Å². The fourth-order valence-corrected chi connectivity index (χ4v) is 3.91. The third kappa shape index (κ3) is 2.90. The fraction of sp³-hybridized carbons (Fsp3) is 0.611. The number of hydrogen-bond acceptors (Lipinski definition) is 4. The van der Waals surface area contributed by atoms with Gasteiger partial charge in [-0.15, -0.1) is 0 Å². The first kappa shape index (κ1) is 15.6. The second-order valence-electron chi connectivity index (χ2n) is 7.31. The Morgan fingerprint density at radius 2 is 2.25 bits per heavy atom. The van der Waals surface area contributed by atoms with E-state index in [2.05, 4.69) is 17.2 Å². The van der Waals surface area contributed by atoms with Gasteiger partial charge in [0, 0.05) is 49.8 Å². The number of ether oxygens (including phenoxy) is 1. The maximum Gasteiger partial charge on any atom is 0.252 e. The first-order chi connectivity index (χ1) is 11.6. The van der Waals surface area contributed by atoms with Crippen LogP contribution >= 0.6 is 0 Å². The number of carbonyl (C=O) groups excluding carboxylic acids is 2. The Bertz CT molecular complexity index is 636. The highest BCUT2D eigenvalue weighted by Gasteiger charge is 2.49. The summed E-state index contributed by atoms with van der Waals surface area (Å²) in [5, 5.41) is 2.98. The molecular formula is C18H23N3O3. The van der Waals surface area contributed by atoms with E-state index in [1.54, 1.807) is 24.5 Å². The zero-order chi connectivity index (χ0) is 16.7. The Labute approximate surface area is 141 Å². The van der Waals surface area contributed by atoms with E-state index in [1.807, 2.05) is 4.90 Å². The predicted octanol–water partition coefficient (Wildman–Crippen LogP) is 0.941. The monoisotopic (exact) mass is 329 g/mol. The first-order valence-electron chi connectivity index (χ1n) is 8.72. The minimum Gasteiger partial charge on any atom is -0.376 e. The summed E-state index contributed by atoms with van der Waals surface area (Å²) in [6.45, 7) is 4.84. The van der Waals surface area contributed by atoms with Gasteiger partial charge < -0.3 is 15.0 Å². The Hall–Kier alpha value is -1.95. The van der Waals surface area contributed by atoms with E-state index >= 15 is 0 Å². The predicted molar refractivity (Wildman–Crippen MR) is 87.1 cm³/mol. The van der Waals surface area contributed by atoms with Crippen molar-refractivity contribution in [3.05, 3.63) is 30.1 Å². The molecule has 5 atom stereocenters. The van der Waals surface area contributed by atoms with Crippen LogP contribution < -0.4 is 5.32 Å². The summed E-state index contributed by atoms with van der Waals surface area (Å²) in [5.74, 6) is 1.55. The molecule has 0 aromatic carbocycles. The molecule has 6 heteroatoms. The number of hydrogen-bond donors (Lipinski definition) is 1. The molecule has 2 amide bonds. The van der Waals surface area contributed by atoms with Crippen molar-refractivity contribution < 1.29 is 14.3 Å². The molecule has 24 heavy (non-hydrogen) atoms. The van der Waals surface area contributed by atoms with E-state index in [9.17, 15) is 9.59 Å². The van der Waals surface area contributed by atoms with Crippen molar-refractivity contribution in [1.29, 1.82) is 0 Å². The van der Waals surface area contributed by atoms with Crippen molar-refractivity contribution in [3.63, 3.8) is 0 Å². The van der Waals surface area contributed by atoms with Crippen molar-refractivity contribution in [3.8, 4) is 0 Å². The lowest BCUT2D eigenvalue weighted by Gasteiger charge is -2.20. The summed E-state index contributed by atoms with van der Waals surface area (Å²) in [4.78, 5) is 30.5. The average Bonchev–Trinajstić information content (AvgIpc) is 3.02. The zero-order valence-electron chi connectivity index (χ0n) is 13.9. The van der Waals surface area contributed by atoms with Crippen LogP contribution in [0.3, 0.4) is 0 Å². The van der Waals surface area contributed by atoms with Crippen LogP contribution in [-0.2, 0) is 9.53 Å². The van der Waals surface area contributed by atoms with Crippen molar-refractivity contribution >= 4 is 11.8 Å². The fourth-order valence-electron chi connectivity index (χ4n) is 3.91. The molecule has 0 bridgehead atoms. The second kappa shape index (κ2) is 6.16. The Morgan fingerprint density at radius 3 is 2.96 bits per heavy atom. The minimum absolute atomic E-state index is 0.107. The number of carbonyl (C=O) groups is 2. The largest absolute Gasteiger partial charge is 0.376 e. The third-order valence-corrected chi connectivity index (χ3v) is 5.63. The molecule has 1 saturated carbocycles. The molecule has 0 spiro atoms. The number of fused-ring (bicyclic) bond motifs is 1. The summed E-state index contributed by atoms with van der Waals surface area (Å²) < 4.78 is 5.88. The molecule has 3 heterocycles. The van der Waals surface area contributed by atoms with Gasteiger partial charge in [0.1, 0.15) is 0 Å². The zero-order valence-corrected chi connectivity index (χ0v) is 13.9. The first-order valence-corrected chi connectivity index (χ1v) is 8.72. The molecule has 3 aliphatic rings. The summed E-state index contributed by atoms with van der Waals surface area (Å²) in [5.41, 5.74) is 0.568. The maximum atomic E-state index is 12.4. The molecule has 0 unspecified atom stereocenters. The van der Waals surface area contributed by atoms with Crippen molar-refractivity contribution in [2.75, 3.05) is 26.2 Å². The van der Waals surface area contributed by atoms with Gasteiger partial charge in [0.05, 0.1) is 18.3 Å². The van der Waals surface area contributed by atoms with Crippen LogP contribution in [0.25, 0.3) is 0 Å². The normalized spacial score (nSPS) is 34.0. The minimum atomic E-state index is -0.107. The van der Waals surface area contributed by atoms with Crippen LogP contribution in [0.5, 0.6) is 0 Å². The van der Waals surface area contributed by atoms with Gasteiger partial charge in [-0.2, -0.15) is 0 Å². The van der Waals surface area contributed by atoms with Gasteiger partial charge >= 0.3 is 0 Å². The maximum absolute atomic E-state index is 12.4. The molecule has 1 aromatic rings. The van der Waals surface area contributed by atoms with Crippen LogP contribution in [0.4, 0.5) is 0 Å². The summed E-state index contributed by atoms with van der Waals surface area (Å²) >= 11 is 0. The molecule has 1 N–H and O–H groups in total. The molecule has 2 saturated heterocycles. The number of nitrogens with zero attached hydrogens (tertiary/aromatic N) is 2. The van der Waals surface area contributed by atoms with Gasteiger partial charge in [-0.25, -0.2) is 0 Å². The quantitative estimate of drug-likeness (QED) is 0.892. The average molecular weight is 329 g/mol. The van der Waals surface area contributed by atoms with Crippen LogP contribution in [-0.4, -0.2) is 54.0 Å². The van der Waals surface area contributed by atoms with Gasteiger partial charge in [-0.3, -0.25) is 14.6 Å². The van der Waals surface area contributed by atoms with E-state index < -0.39 is 0 Å². The van der Waals surface area contributed by atoms with Crippen LogP contribution in [0, 0.1) is 23.7 Å². The van der Waals surface area contributed by atoms with Gasteiger partial charge in [0.15, 0.2) is 0 Å². The lowest BCUT2D eigenvalue weighted by atomic mass is 9.93. The number of rotatable bonds is 4. The van der Waals surface area contributed by atoms with Gasteiger partial charge in [0.25, 0.3) is 5.91 Å². The molecule has 4 rings (SSSR count). The highest BCUT2D eigenvalue weighted by molar-refractivity contribution is 5.93. The number of aromatic nitrogens is 1. The van der Waals surface area contributed by atoms with Crippen LogP contribution in [0.15, 0.2) is 24.5 Å². The Morgan fingerprint density at radius 1 is 1.42 bits per heavy atom. The third-order valence-electron chi connectivity index (χ3n) is 5.63. The van der Waals surface area contributed by atoms with Crippen LogP contribution in [0.2, 0.25) is 0 Å². The second-order valence-corrected chi connectivity index (χ2v) is 7.31. The molecule has 0 radical (unpaired) electrons. The number of nitrogens with one attached hydrogen (secondary N) is 1. The molecule has 1 aliphatic carbocycles. The van der Waals surface area contributed by atoms with Gasteiger partial charge in [-0.1, -0.05) is 6.92 Å². The van der Waals surface area contributed by atoms with Gasteiger partial charge in [0.2, 0.25) is 5.91 Å². The molecule has 2 aliphatic heterocycles. The SMILES string of the molecule is C[C@@H]1C[C@@H]1C(=O)N1C[C@@H]2[C@@H](CNC(=O)c3cccnc3)CO[C@@H]2C1. The highest BCUT2D eigenvalue weighted by atomic mass is 16.5. The van der Waals surface area contributed by atoms with Crippen molar-refractivity contribution in [2.45, 2.75) is 19.4 Å². The number of amides is 2. The van der Waals surface area contributed by atoms with Crippen molar-refractivity contribution in [1.82, 2.24) is 15.2 Å². The molecule has 128 valence electrons. The Balaban J connectivity index is 1.31. The lowest BCUT2D eigenvalue weighted by Crippen LogP contribution is -2.36. The molecule has 3 fully saturated rings. The van der Waals surface area contributed by atoms with E-state index in [-0.39, 0.29) is 23.8 Å². The summed E-state index contributed by atoms with van der Waals surface area (Å²) in [7, 11) is 0. The van der Waals surface area contributed by atoms with Crippen LogP contribution in [0.1, 0.15) is 23.7 Å². The van der Waals surface area contributed by atoms with E-state index in [4.69, 9.17) is 4.74 Å².